The summed E-state index contributed by atoms with van der Waals surface area (Å²) in [6, 6.07) is 4.25. The molecule has 0 aliphatic carbocycles. The van der Waals surface area contributed by atoms with E-state index in [9.17, 15) is 0 Å². The number of hydrogen-bond donors (Lipinski definition) is 0. The standard InChI is InChI=1S/C10H3Br3S3/c11-5-7(4-2-1-3-14-4)15-9-6(12)10(13)16-8(5)9/h1-3H. The molecule has 0 fully saturated rings. The van der Waals surface area contributed by atoms with E-state index in [1.54, 1.807) is 22.7 Å². The molecular weight excluding hydrogens is 456 g/mol. The molecule has 0 N–H and O–H groups in total. The van der Waals surface area contributed by atoms with Crippen LogP contribution >= 0.6 is 81.8 Å². The van der Waals surface area contributed by atoms with Gasteiger partial charge in [-0.2, -0.15) is 0 Å². The monoisotopic (exact) mass is 456 g/mol. The van der Waals surface area contributed by atoms with Gasteiger partial charge in [-0.25, -0.2) is 0 Å². The highest BCUT2D eigenvalue weighted by atomic mass is 79.9. The molecule has 3 rings (SSSR count). The molecule has 3 aromatic rings. The second-order valence-electron chi connectivity index (χ2n) is 3.07. The third-order valence-electron chi connectivity index (χ3n) is 2.12. The van der Waals surface area contributed by atoms with E-state index in [4.69, 9.17) is 0 Å². The smallest absolute Gasteiger partial charge is 0.0862 e. The van der Waals surface area contributed by atoms with Crippen molar-refractivity contribution in [2.45, 2.75) is 0 Å². The molecule has 0 aliphatic heterocycles. The van der Waals surface area contributed by atoms with Crippen LogP contribution in [0.3, 0.4) is 0 Å². The minimum absolute atomic E-state index is 1.16. The van der Waals surface area contributed by atoms with E-state index in [1.807, 2.05) is 11.3 Å². The van der Waals surface area contributed by atoms with Gasteiger partial charge in [0.05, 0.1) is 27.0 Å². The molecule has 0 aliphatic rings. The zero-order valence-electron chi connectivity index (χ0n) is 7.59. The zero-order valence-corrected chi connectivity index (χ0v) is 14.8. The van der Waals surface area contributed by atoms with Gasteiger partial charge in [0.1, 0.15) is 0 Å². The van der Waals surface area contributed by atoms with Crippen molar-refractivity contribution in [3.63, 3.8) is 0 Å². The normalized spacial score (nSPS) is 11.4. The Labute approximate surface area is 130 Å². The van der Waals surface area contributed by atoms with Crippen LogP contribution in [0.1, 0.15) is 0 Å². The summed E-state index contributed by atoms with van der Waals surface area (Å²) in [4.78, 5) is 2.65. The summed E-state index contributed by atoms with van der Waals surface area (Å²) in [6.45, 7) is 0. The third-order valence-corrected chi connectivity index (χ3v) is 9.55. The number of thiophene rings is 3. The number of hydrogen-bond acceptors (Lipinski definition) is 3. The van der Waals surface area contributed by atoms with Gasteiger partial charge in [0.15, 0.2) is 0 Å². The fraction of sp³-hybridized carbons (Fsp3) is 0. The van der Waals surface area contributed by atoms with E-state index in [1.165, 1.54) is 28.1 Å². The van der Waals surface area contributed by atoms with Crippen LogP contribution < -0.4 is 0 Å². The molecule has 0 amide bonds. The van der Waals surface area contributed by atoms with E-state index in [0.717, 1.165) is 3.79 Å². The SMILES string of the molecule is Brc1sc2c(Br)c(-c3cccs3)sc2c1Br. The molecule has 0 radical (unpaired) electrons. The van der Waals surface area contributed by atoms with Gasteiger partial charge in [0.2, 0.25) is 0 Å². The molecule has 0 atom stereocenters. The molecule has 3 heterocycles. The Morgan fingerprint density at radius 3 is 2.31 bits per heavy atom. The van der Waals surface area contributed by atoms with Crippen LogP contribution in [-0.4, -0.2) is 0 Å². The van der Waals surface area contributed by atoms with E-state index < -0.39 is 0 Å². The van der Waals surface area contributed by atoms with Crippen LogP contribution in [0, 0.1) is 0 Å². The largest absolute Gasteiger partial charge is 0.143 e. The van der Waals surface area contributed by atoms with E-state index in [2.05, 4.69) is 65.3 Å². The molecule has 0 saturated carbocycles. The Bertz CT molecular complexity index is 649. The maximum Gasteiger partial charge on any atom is 0.0862 e. The highest BCUT2D eigenvalue weighted by Gasteiger charge is 2.18. The highest BCUT2D eigenvalue weighted by molar-refractivity contribution is 9.13. The first-order chi connectivity index (χ1) is 7.68. The molecule has 0 saturated heterocycles. The predicted molar refractivity (Wildman–Crippen MR) is 86.1 cm³/mol. The van der Waals surface area contributed by atoms with Crippen molar-refractivity contribution in [1.29, 1.82) is 0 Å². The van der Waals surface area contributed by atoms with Gasteiger partial charge in [0.25, 0.3) is 0 Å². The van der Waals surface area contributed by atoms with Gasteiger partial charge in [-0.3, -0.25) is 0 Å². The van der Waals surface area contributed by atoms with Gasteiger partial charge in [-0.15, -0.1) is 34.0 Å². The average Bonchev–Trinajstić information content (AvgIpc) is 2.92. The summed E-state index contributed by atoms with van der Waals surface area (Å²) >= 11 is 16.2. The lowest BCUT2D eigenvalue weighted by molar-refractivity contribution is 1.93. The number of halogens is 3. The van der Waals surface area contributed by atoms with Gasteiger partial charge in [-0.1, -0.05) is 6.07 Å². The van der Waals surface area contributed by atoms with Crippen LogP contribution in [0.15, 0.2) is 30.2 Å². The molecule has 0 aromatic carbocycles. The van der Waals surface area contributed by atoms with Gasteiger partial charge in [-0.05, 0) is 59.2 Å². The summed E-state index contributed by atoms with van der Waals surface area (Å²) in [5.74, 6) is 0. The van der Waals surface area contributed by atoms with Crippen LogP contribution in [0.2, 0.25) is 0 Å². The van der Waals surface area contributed by atoms with E-state index in [0.29, 0.717) is 0 Å². The lowest BCUT2D eigenvalue weighted by atomic mass is 10.4. The molecule has 0 bridgehead atoms. The Balaban J connectivity index is 2.33. The molecule has 6 heteroatoms. The Morgan fingerprint density at radius 1 is 0.938 bits per heavy atom. The van der Waals surface area contributed by atoms with Gasteiger partial charge < -0.3 is 0 Å². The topological polar surface area (TPSA) is 0 Å². The maximum absolute atomic E-state index is 3.71. The highest BCUT2D eigenvalue weighted by Crippen LogP contribution is 2.51. The van der Waals surface area contributed by atoms with Crippen molar-refractivity contribution in [2.24, 2.45) is 0 Å². The first-order valence-electron chi connectivity index (χ1n) is 4.28. The lowest BCUT2D eigenvalue weighted by Crippen LogP contribution is -1.62. The molecular formula is C10H3Br3S3. The van der Waals surface area contributed by atoms with Crippen molar-refractivity contribution < 1.29 is 0 Å². The Morgan fingerprint density at radius 2 is 1.69 bits per heavy atom. The number of fused-ring (bicyclic) bond motifs is 1. The first kappa shape index (κ1) is 11.9. The first-order valence-corrected chi connectivity index (χ1v) is 9.17. The summed E-state index contributed by atoms with van der Waals surface area (Å²) in [5, 5.41) is 2.11. The van der Waals surface area contributed by atoms with Crippen LogP contribution in [0.25, 0.3) is 19.2 Å². The molecule has 0 nitrogen and oxygen atoms in total. The molecule has 0 unspecified atom stereocenters. The average molecular weight is 459 g/mol. The minimum Gasteiger partial charge on any atom is -0.143 e. The van der Waals surface area contributed by atoms with Crippen molar-refractivity contribution in [1.82, 2.24) is 0 Å². The van der Waals surface area contributed by atoms with Crippen LogP contribution in [-0.2, 0) is 0 Å². The predicted octanol–water partition coefficient (Wildman–Crippen LogP) is 6.98. The maximum atomic E-state index is 3.71. The lowest BCUT2D eigenvalue weighted by Gasteiger charge is -1.92. The Kier molecular flexibility index (Phi) is 3.32. The Hall–Kier alpha value is 0.800. The summed E-state index contributed by atoms with van der Waals surface area (Å²) in [6.07, 6.45) is 0. The second kappa shape index (κ2) is 4.48. The second-order valence-corrected chi connectivity index (χ2v) is 8.96. The van der Waals surface area contributed by atoms with Gasteiger partial charge >= 0.3 is 0 Å². The molecule has 3 aromatic heterocycles. The summed E-state index contributed by atoms with van der Waals surface area (Å²) in [5.41, 5.74) is 0. The zero-order chi connectivity index (χ0) is 11.3. The molecule has 82 valence electrons. The minimum atomic E-state index is 1.16. The van der Waals surface area contributed by atoms with Crippen molar-refractivity contribution in [3.05, 3.63) is 30.2 Å². The van der Waals surface area contributed by atoms with Gasteiger partial charge in [0, 0.05) is 4.88 Å². The van der Waals surface area contributed by atoms with Crippen molar-refractivity contribution in [3.8, 4) is 9.75 Å². The fourth-order valence-electron chi connectivity index (χ4n) is 1.42. The number of rotatable bonds is 1. The quantitative estimate of drug-likeness (QED) is 0.369. The van der Waals surface area contributed by atoms with Crippen LogP contribution in [0.4, 0.5) is 0 Å². The van der Waals surface area contributed by atoms with Crippen LogP contribution in [0.5, 0.6) is 0 Å². The molecule has 0 spiro atoms. The third kappa shape index (κ3) is 1.78. The van der Waals surface area contributed by atoms with E-state index >= 15 is 0 Å². The van der Waals surface area contributed by atoms with Crippen molar-refractivity contribution >= 4 is 91.2 Å². The fourth-order valence-corrected chi connectivity index (χ4v) is 7.24. The van der Waals surface area contributed by atoms with E-state index in [-0.39, 0.29) is 0 Å². The summed E-state index contributed by atoms with van der Waals surface area (Å²) < 4.78 is 6.17. The summed E-state index contributed by atoms with van der Waals surface area (Å²) in [7, 11) is 0. The van der Waals surface area contributed by atoms with Crippen molar-refractivity contribution in [2.75, 3.05) is 0 Å². The molecule has 16 heavy (non-hydrogen) atoms.